The summed E-state index contributed by atoms with van der Waals surface area (Å²) in [4.78, 5) is 8.03. The third-order valence-corrected chi connectivity index (χ3v) is 6.19. The fraction of sp³-hybridized carbons (Fsp3) is 0.769. The van der Waals surface area contributed by atoms with E-state index in [1.54, 1.807) is 11.3 Å². The predicted molar refractivity (Wildman–Crippen MR) is 79.0 cm³/mol. The van der Waals surface area contributed by atoms with E-state index in [4.69, 9.17) is 23.2 Å². The number of rotatable bonds is 2. The molecule has 1 aliphatic heterocycles. The van der Waals surface area contributed by atoms with Gasteiger partial charge in [-0.2, -0.15) is 0 Å². The first kappa shape index (κ1) is 13.0. The van der Waals surface area contributed by atoms with E-state index in [1.807, 2.05) is 0 Å². The Labute approximate surface area is 122 Å². The first-order valence-electron chi connectivity index (χ1n) is 6.77. The molecule has 1 saturated carbocycles. The maximum absolute atomic E-state index is 6.13. The van der Waals surface area contributed by atoms with Crippen LogP contribution in [0.3, 0.4) is 0 Å². The molecule has 0 bridgehead atoms. The minimum Gasteiger partial charge on any atom is -0.345 e. The van der Waals surface area contributed by atoms with Crippen LogP contribution in [0.4, 0.5) is 5.13 Å². The van der Waals surface area contributed by atoms with Gasteiger partial charge in [-0.3, -0.25) is 0 Å². The van der Waals surface area contributed by atoms with Crippen molar-refractivity contribution in [1.82, 2.24) is 4.98 Å². The lowest BCUT2D eigenvalue weighted by atomic mass is 9.78. The maximum Gasteiger partial charge on any atom is 0.187 e. The summed E-state index contributed by atoms with van der Waals surface area (Å²) in [7, 11) is 0. The van der Waals surface area contributed by atoms with Gasteiger partial charge in [-0.1, -0.05) is 35.8 Å². The number of piperidine rings is 1. The van der Waals surface area contributed by atoms with Crippen LogP contribution in [-0.2, 0) is 5.88 Å². The fourth-order valence-electron chi connectivity index (χ4n) is 3.39. The van der Waals surface area contributed by atoms with Crippen LogP contribution in [0.2, 0.25) is 5.15 Å². The number of halogens is 2. The molecule has 0 unspecified atom stereocenters. The number of aromatic nitrogens is 1. The zero-order valence-corrected chi connectivity index (χ0v) is 12.7. The van der Waals surface area contributed by atoms with E-state index in [0.29, 0.717) is 17.1 Å². The Morgan fingerprint density at radius 2 is 2.00 bits per heavy atom. The molecule has 2 aliphatic rings. The summed E-state index contributed by atoms with van der Waals surface area (Å²) in [6.45, 7) is 1.13. The lowest BCUT2D eigenvalue weighted by Crippen LogP contribution is -2.46. The van der Waals surface area contributed by atoms with Crippen molar-refractivity contribution in [2.45, 2.75) is 50.4 Å². The van der Waals surface area contributed by atoms with Crippen molar-refractivity contribution in [3.63, 3.8) is 0 Å². The molecule has 100 valence electrons. The highest BCUT2D eigenvalue weighted by atomic mass is 35.5. The molecule has 2 nitrogen and oxygen atoms in total. The van der Waals surface area contributed by atoms with E-state index in [-0.39, 0.29) is 0 Å². The molecule has 1 aromatic rings. The number of anilines is 1. The predicted octanol–water partition coefficient (Wildman–Crippen LogP) is 4.69. The number of nitrogens with zero attached hydrogens (tertiary/aromatic N) is 2. The van der Waals surface area contributed by atoms with Crippen molar-refractivity contribution < 1.29 is 0 Å². The van der Waals surface area contributed by atoms with Gasteiger partial charge in [0.25, 0.3) is 0 Å². The first-order valence-corrected chi connectivity index (χ1v) is 8.50. The molecule has 0 radical (unpaired) electrons. The van der Waals surface area contributed by atoms with Crippen molar-refractivity contribution in [3.05, 3.63) is 10.0 Å². The van der Waals surface area contributed by atoms with Crippen LogP contribution >= 0.6 is 34.5 Å². The SMILES string of the molecule is ClCc1sc(N2CCC[C@H]3CCCC[C@H]32)nc1Cl. The van der Waals surface area contributed by atoms with E-state index in [0.717, 1.165) is 22.5 Å². The molecule has 0 aromatic carbocycles. The zero-order valence-electron chi connectivity index (χ0n) is 10.4. The number of fused-ring (bicyclic) bond motifs is 1. The van der Waals surface area contributed by atoms with E-state index in [9.17, 15) is 0 Å². The van der Waals surface area contributed by atoms with E-state index in [2.05, 4.69) is 9.88 Å². The van der Waals surface area contributed by atoms with Crippen LogP contribution in [-0.4, -0.2) is 17.6 Å². The quantitative estimate of drug-likeness (QED) is 0.737. The summed E-state index contributed by atoms with van der Waals surface area (Å²) in [5.41, 5.74) is 0. The summed E-state index contributed by atoms with van der Waals surface area (Å²) >= 11 is 13.7. The van der Waals surface area contributed by atoms with E-state index in [1.165, 1.54) is 38.5 Å². The smallest absolute Gasteiger partial charge is 0.187 e. The largest absolute Gasteiger partial charge is 0.345 e. The Balaban J connectivity index is 1.84. The molecule has 0 spiro atoms. The van der Waals surface area contributed by atoms with Crippen molar-refractivity contribution >= 4 is 39.7 Å². The molecule has 3 rings (SSSR count). The van der Waals surface area contributed by atoms with Crippen LogP contribution < -0.4 is 4.90 Å². The highest BCUT2D eigenvalue weighted by Crippen LogP contribution is 2.40. The molecule has 1 saturated heterocycles. The summed E-state index contributed by atoms with van der Waals surface area (Å²) in [5, 5.41) is 1.69. The van der Waals surface area contributed by atoms with Gasteiger partial charge in [-0.15, -0.1) is 11.6 Å². The molecule has 0 amide bonds. The molecular formula is C13H18Cl2N2S. The van der Waals surface area contributed by atoms with Crippen LogP contribution in [0.25, 0.3) is 0 Å². The number of alkyl halides is 1. The van der Waals surface area contributed by atoms with Crippen LogP contribution in [0, 0.1) is 5.92 Å². The monoisotopic (exact) mass is 304 g/mol. The standard InChI is InChI=1S/C13H18Cl2N2S/c14-8-11-12(15)16-13(18-11)17-7-3-5-9-4-1-2-6-10(9)17/h9-10H,1-8H2/t9-,10-/m1/s1. The normalized spacial score (nSPS) is 28.2. The van der Waals surface area contributed by atoms with Gasteiger partial charge in [-0.25, -0.2) is 4.98 Å². The van der Waals surface area contributed by atoms with Gasteiger partial charge in [0, 0.05) is 12.6 Å². The van der Waals surface area contributed by atoms with Gasteiger partial charge in [0.15, 0.2) is 5.13 Å². The maximum atomic E-state index is 6.13. The third-order valence-electron chi connectivity index (χ3n) is 4.25. The zero-order chi connectivity index (χ0) is 12.5. The Morgan fingerprint density at radius 3 is 2.78 bits per heavy atom. The van der Waals surface area contributed by atoms with Gasteiger partial charge >= 0.3 is 0 Å². The van der Waals surface area contributed by atoms with Crippen molar-refractivity contribution in [2.75, 3.05) is 11.4 Å². The number of hydrogen-bond donors (Lipinski definition) is 0. The Morgan fingerprint density at radius 1 is 1.22 bits per heavy atom. The molecule has 2 atom stereocenters. The Hall–Kier alpha value is 0.01000. The van der Waals surface area contributed by atoms with Gasteiger partial charge in [0.2, 0.25) is 0 Å². The van der Waals surface area contributed by atoms with Crippen molar-refractivity contribution in [3.8, 4) is 0 Å². The fourth-order valence-corrected chi connectivity index (χ4v) is 4.95. The van der Waals surface area contributed by atoms with Gasteiger partial charge < -0.3 is 4.90 Å². The number of thiazole rings is 1. The lowest BCUT2D eigenvalue weighted by molar-refractivity contribution is 0.243. The molecular weight excluding hydrogens is 287 g/mol. The highest BCUT2D eigenvalue weighted by Gasteiger charge is 2.34. The molecule has 0 N–H and O–H groups in total. The molecule has 2 fully saturated rings. The molecule has 1 aromatic heterocycles. The Bertz CT molecular complexity index is 419. The molecule has 2 heterocycles. The first-order chi connectivity index (χ1) is 8.79. The van der Waals surface area contributed by atoms with Crippen LogP contribution in [0.5, 0.6) is 0 Å². The average Bonchev–Trinajstić information content (AvgIpc) is 2.79. The minimum absolute atomic E-state index is 0.471. The molecule has 5 heteroatoms. The summed E-state index contributed by atoms with van der Waals surface area (Å²) in [5.74, 6) is 1.34. The Kier molecular flexibility index (Phi) is 4.02. The highest BCUT2D eigenvalue weighted by molar-refractivity contribution is 7.16. The second-order valence-electron chi connectivity index (χ2n) is 5.29. The van der Waals surface area contributed by atoms with Crippen LogP contribution in [0.1, 0.15) is 43.4 Å². The van der Waals surface area contributed by atoms with Gasteiger partial charge in [0.05, 0.1) is 10.8 Å². The molecule has 1 aliphatic carbocycles. The second-order valence-corrected chi connectivity index (χ2v) is 6.98. The summed E-state index contributed by atoms with van der Waals surface area (Å²) in [6, 6.07) is 0.692. The minimum atomic E-state index is 0.471. The summed E-state index contributed by atoms with van der Waals surface area (Å²) < 4.78 is 0. The number of hydrogen-bond acceptors (Lipinski definition) is 3. The lowest BCUT2D eigenvalue weighted by Gasteiger charge is -2.44. The van der Waals surface area contributed by atoms with E-state index >= 15 is 0 Å². The summed E-state index contributed by atoms with van der Waals surface area (Å²) in [6.07, 6.45) is 8.15. The van der Waals surface area contributed by atoms with Gasteiger partial charge in [-0.05, 0) is 31.6 Å². The van der Waals surface area contributed by atoms with Crippen molar-refractivity contribution in [1.29, 1.82) is 0 Å². The van der Waals surface area contributed by atoms with E-state index < -0.39 is 0 Å². The average molecular weight is 305 g/mol. The van der Waals surface area contributed by atoms with Crippen LogP contribution in [0.15, 0.2) is 0 Å². The van der Waals surface area contributed by atoms with Gasteiger partial charge in [0.1, 0.15) is 5.15 Å². The topological polar surface area (TPSA) is 16.1 Å². The molecule has 18 heavy (non-hydrogen) atoms. The third kappa shape index (κ3) is 2.37. The second kappa shape index (κ2) is 5.56. The van der Waals surface area contributed by atoms with Crippen molar-refractivity contribution in [2.24, 2.45) is 5.92 Å².